The first-order valence-electron chi connectivity index (χ1n) is 7.05. The van der Waals surface area contributed by atoms with Crippen molar-refractivity contribution in [1.29, 1.82) is 0 Å². The molecule has 2 aromatic carbocycles. The average Bonchev–Trinajstić information content (AvgIpc) is 2.48. The summed E-state index contributed by atoms with van der Waals surface area (Å²) in [7, 11) is 1.77. The maximum absolute atomic E-state index is 12.5. The summed E-state index contributed by atoms with van der Waals surface area (Å²) in [6.45, 7) is 0.690. The lowest BCUT2D eigenvalue weighted by atomic mass is 10.1. The van der Waals surface area contributed by atoms with Gasteiger partial charge in [-0.25, -0.2) is 0 Å². The van der Waals surface area contributed by atoms with Crippen molar-refractivity contribution in [2.45, 2.75) is 19.0 Å². The quantitative estimate of drug-likeness (QED) is 0.684. The summed E-state index contributed by atoms with van der Waals surface area (Å²) in [5.74, 6) is 0.398. The van der Waals surface area contributed by atoms with Gasteiger partial charge in [0.15, 0.2) is 0 Å². The highest BCUT2D eigenvalue weighted by Gasteiger charge is 2.30. The Kier molecular flexibility index (Phi) is 7.39. The Morgan fingerprint density at radius 1 is 0.957 bits per heavy atom. The van der Waals surface area contributed by atoms with Crippen molar-refractivity contribution in [3.63, 3.8) is 0 Å². The minimum Gasteiger partial charge on any atom is -0.406 e. The molecule has 23 heavy (non-hydrogen) atoms. The van der Waals surface area contributed by atoms with Crippen molar-refractivity contribution in [2.75, 3.05) is 13.6 Å². The van der Waals surface area contributed by atoms with Gasteiger partial charge in [-0.15, -0.1) is 17.5 Å². The molecule has 0 amide bonds. The van der Waals surface area contributed by atoms with Gasteiger partial charge in [0.25, 0.3) is 0 Å². The third-order valence-electron chi connectivity index (χ3n) is 3.22. The summed E-state index contributed by atoms with van der Waals surface area (Å²) in [6.07, 6.45) is -2.48. The van der Waals surface area contributed by atoms with Crippen LogP contribution in [0, 0.1) is 0 Å². The van der Waals surface area contributed by atoms with Crippen molar-refractivity contribution >= 4 is 12.4 Å². The highest BCUT2D eigenvalue weighted by molar-refractivity contribution is 5.85. The van der Waals surface area contributed by atoms with Gasteiger partial charge < -0.3 is 4.84 Å². The molecule has 0 fully saturated rings. The Morgan fingerprint density at radius 2 is 1.57 bits per heavy atom. The number of halogens is 4. The molecule has 0 aromatic heterocycles. The van der Waals surface area contributed by atoms with E-state index >= 15 is 0 Å². The molecule has 2 rings (SSSR count). The SMILES string of the molecule is CN(CCCc1ccccc1)Oc1ccc(C(F)(F)F)cc1.Cl. The molecule has 2 aromatic rings. The summed E-state index contributed by atoms with van der Waals surface area (Å²) in [4.78, 5) is 5.49. The zero-order valence-corrected chi connectivity index (χ0v) is 13.5. The Bertz CT molecular complexity index is 573. The number of benzene rings is 2. The normalized spacial score (nSPS) is 11.2. The molecule has 0 bridgehead atoms. The average molecular weight is 346 g/mol. The fourth-order valence-electron chi connectivity index (χ4n) is 2.08. The van der Waals surface area contributed by atoms with Crippen LogP contribution in [0.5, 0.6) is 5.75 Å². The van der Waals surface area contributed by atoms with Crippen molar-refractivity contribution < 1.29 is 18.0 Å². The monoisotopic (exact) mass is 345 g/mol. The van der Waals surface area contributed by atoms with Gasteiger partial charge in [-0.05, 0) is 42.7 Å². The lowest BCUT2D eigenvalue weighted by molar-refractivity contribution is -0.137. The second kappa shape index (κ2) is 8.79. The predicted octanol–water partition coefficient (Wildman–Crippen LogP) is 4.99. The summed E-state index contributed by atoms with van der Waals surface area (Å²) in [5, 5.41) is 1.63. The molecule has 0 spiro atoms. The van der Waals surface area contributed by atoms with Gasteiger partial charge in [-0.3, -0.25) is 0 Å². The summed E-state index contributed by atoms with van der Waals surface area (Å²) < 4.78 is 37.4. The van der Waals surface area contributed by atoms with Gasteiger partial charge in [0.1, 0.15) is 5.75 Å². The largest absolute Gasteiger partial charge is 0.416 e. The lowest BCUT2D eigenvalue weighted by Crippen LogP contribution is -2.24. The van der Waals surface area contributed by atoms with E-state index in [9.17, 15) is 13.2 Å². The molecule has 6 heteroatoms. The smallest absolute Gasteiger partial charge is 0.406 e. The molecule has 0 saturated carbocycles. The molecular formula is C17H19ClF3NO. The minimum atomic E-state index is -4.32. The molecule has 0 unspecified atom stereocenters. The van der Waals surface area contributed by atoms with E-state index in [4.69, 9.17) is 4.84 Å². The molecule has 0 aliphatic carbocycles. The number of rotatable bonds is 6. The number of nitrogens with zero attached hydrogens (tertiary/aromatic N) is 1. The molecule has 0 aliphatic rings. The van der Waals surface area contributed by atoms with Crippen LogP contribution in [0.1, 0.15) is 17.5 Å². The number of hydroxylamine groups is 2. The van der Waals surface area contributed by atoms with Crippen LogP contribution in [0.4, 0.5) is 13.2 Å². The van der Waals surface area contributed by atoms with E-state index in [0.717, 1.165) is 25.0 Å². The standard InChI is InChI=1S/C17H18F3NO.ClH/c1-21(13-5-8-14-6-3-2-4-7-14)22-16-11-9-15(10-12-16)17(18,19)20;/h2-4,6-7,9-12H,5,8,13H2,1H3;1H. The molecule has 2 nitrogen and oxygen atoms in total. The predicted molar refractivity (Wildman–Crippen MR) is 86.7 cm³/mol. The van der Waals surface area contributed by atoms with E-state index in [2.05, 4.69) is 12.1 Å². The van der Waals surface area contributed by atoms with Gasteiger partial charge >= 0.3 is 6.18 Å². The van der Waals surface area contributed by atoms with Crippen LogP contribution >= 0.6 is 12.4 Å². The van der Waals surface area contributed by atoms with E-state index in [1.165, 1.54) is 17.7 Å². The zero-order valence-electron chi connectivity index (χ0n) is 12.7. The molecule has 0 aliphatic heterocycles. The molecule has 0 atom stereocenters. The molecule has 0 radical (unpaired) electrons. The van der Waals surface area contributed by atoms with E-state index in [1.54, 1.807) is 12.1 Å². The minimum absolute atomic E-state index is 0. The van der Waals surface area contributed by atoms with Gasteiger partial charge in [0.05, 0.1) is 5.56 Å². The first-order chi connectivity index (χ1) is 10.4. The van der Waals surface area contributed by atoms with Crippen molar-refractivity contribution in [2.24, 2.45) is 0 Å². The van der Waals surface area contributed by atoms with E-state index in [0.29, 0.717) is 12.3 Å². The zero-order chi connectivity index (χ0) is 16.0. The highest BCUT2D eigenvalue weighted by Crippen LogP contribution is 2.30. The number of hydrogen-bond donors (Lipinski definition) is 0. The molecule has 126 valence electrons. The fraction of sp³-hybridized carbons (Fsp3) is 0.294. The summed E-state index contributed by atoms with van der Waals surface area (Å²) >= 11 is 0. The molecule has 0 heterocycles. The highest BCUT2D eigenvalue weighted by atomic mass is 35.5. The number of alkyl halides is 3. The Hall–Kier alpha value is -1.72. The van der Waals surface area contributed by atoms with Crippen LogP contribution in [0.25, 0.3) is 0 Å². The summed E-state index contributed by atoms with van der Waals surface area (Å²) in [5.41, 5.74) is 0.581. The second-order valence-corrected chi connectivity index (χ2v) is 5.05. The van der Waals surface area contributed by atoms with Crippen molar-refractivity contribution in [3.05, 3.63) is 65.7 Å². The van der Waals surface area contributed by atoms with Crippen LogP contribution in [0.3, 0.4) is 0 Å². The Labute approximate surface area is 140 Å². The Balaban J connectivity index is 0.00000264. The first kappa shape index (κ1) is 19.3. The Morgan fingerprint density at radius 3 is 2.13 bits per heavy atom. The van der Waals surface area contributed by atoms with Crippen LogP contribution in [-0.4, -0.2) is 18.7 Å². The van der Waals surface area contributed by atoms with E-state index in [-0.39, 0.29) is 12.4 Å². The third-order valence-corrected chi connectivity index (χ3v) is 3.22. The molecule has 0 N–H and O–H groups in total. The second-order valence-electron chi connectivity index (χ2n) is 5.05. The fourth-order valence-corrected chi connectivity index (χ4v) is 2.08. The van der Waals surface area contributed by atoms with Crippen LogP contribution < -0.4 is 4.84 Å². The van der Waals surface area contributed by atoms with Crippen molar-refractivity contribution in [1.82, 2.24) is 5.06 Å². The van der Waals surface area contributed by atoms with Crippen molar-refractivity contribution in [3.8, 4) is 5.75 Å². The maximum Gasteiger partial charge on any atom is 0.416 e. The number of hydrogen-bond acceptors (Lipinski definition) is 2. The first-order valence-corrected chi connectivity index (χ1v) is 7.05. The van der Waals surface area contributed by atoms with E-state index < -0.39 is 11.7 Å². The van der Waals surface area contributed by atoms with Crippen LogP contribution in [0.2, 0.25) is 0 Å². The third kappa shape index (κ3) is 6.50. The molecular weight excluding hydrogens is 327 g/mol. The lowest BCUT2D eigenvalue weighted by Gasteiger charge is -2.18. The van der Waals surface area contributed by atoms with Gasteiger partial charge in [0.2, 0.25) is 0 Å². The van der Waals surface area contributed by atoms with Crippen LogP contribution in [0.15, 0.2) is 54.6 Å². The van der Waals surface area contributed by atoms with E-state index in [1.807, 2.05) is 18.2 Å². The topological polar surface area (TPSA) is 12.5 Å². The molecule has 0 saturated heterocycles. The summed E-state index contributed by atoms with van der Waals surface area (Å²) in [6, 6.07) is 14.8. The van der Waals surface area contributed by atoms with Gasteiger partial charge in [-0.2, -0.15) is 13.2 Å². The maximum atomic E-state index is 12.5. The van der Waals surface area contributed by atoms with Gasteiger partial charge in [-0.1, -0.05) is 30.3 Å². The van der Waals surface area contributed by atoms with Gasteiger partial charge in [0, 0.05) is 13.6 Å². The van der Waals surface area contributed by atoms with Crippen LogP contribution in [-0.2, 0) is 12.6 Å². The number of aryl methyl sites for hydroxylation is 1.